The predicted octanol–water partition coefficient (Wildman–Crippen LogP) is 3.93. The van der Waals surface area contributed by atoms with E-state index in [-0.39, 0.29) is 0 Å². The van der Waals surface area contributed by atoms with Crippen molar-refractivity contribution in [1.82, 2.24) is 0 Å². The van der Waals surface area contributed by atoms with Gasteiger partial charge in [-0.25, -0.2) is 0 Å². The molecule has 0 aliphatic heterocycles. The lowest BCUT2D eigenvalue weighted by atomic mass is 9.83. The third kappa shape index (κ3) is 1.84. The van der Waals surface area contributed by atoms with Crippen molar-refractivity contribution in [1.29, 1.82) is 0 Å². The van der Waals surface area contributed by atoms with Crippen molar-refractivity contribution in [2.24, 2.45) is 5.92 Å². The highest BCUT2D eigenvalue weighted by molar-refractivity contribution is 5.35. The van der Waals surface area contributed by atoms with Crippen molar-refractivity contribution < 1.29 is 0 Å². The number of benzene rings is 1. The molecule has 0 N–H and O–H groups in total. The summed E-state index contributed by atoms with van der Waals surface area (Å²) in [6.07, 6.45) is 3.94. The van der Waals surface area contributed by atoms with E-state index in [9.17, 15) is 0 Å². The number of hydrogen-bond acceptors (Lipinski definition) is 0. The van der Waals surface area contributed by atoms with Crippen LogP contribution in [0.2, 0.25) is 0 Å². The minimum atomic E-state index is 0.664. The van der Waals surface area contributed by atoms with Crippen LogP contribution in [0.3, 0.4) is 0 Å². The second-order valence-corrected chi connectivity index (χ2v) is 5.03. The van der Waals surface area contributed by atoms with Crippen molar-refractivity contribution in [2.75, 3.05) is 0 Å². The Morgan fingerprint density at radius 3 is 2.71 bits per heavy atom. The van der Waals surface area contributed by atoms with E-state index in [1.54, 1.807) is 11.1 Å². The first-order valence-electron chi connectivity index (χ1n) is 5.78. The van der Waals surface area contributed by atoms with E-state index >= 15 is 0 Å². The molecule has 0 saturated carbocycles. The summed E-state index contributed by atoms with van der Waals surface area (Å²) in [5, 5.41) is 0. The summed E-state index contributed by atoms with van der Waals surface area (Å²) in [7, 11) is 0. The van der Waals surface area contributed by atoms with Crippen LogP contribution in [0.4, 0.5) is 0 Å². The maximum absolute atomic E-state index is 2.43. The average Bonchev–Trinajstić information content (AvgIpc) is 2.16. The van der Waals surface area contributed by atoms with Crippen molar-refractivity contribution in [3.8, 4) is 0 Å². The lowest BCUT2D eigenvalue weighted by molar-refractivity contribution is 0.500. The Balaban J connectivity index is 2.33. The molecule has 1 unspecified atom stereocenters. The van der Waals surface area contributed by atoms with Crippen molar-refractivity contribution in [2.45, 2.75) is 46.0 Å². The van der Waals surface area contributed by atoms with Gasteiger partial charge in [0.1, 0.15) is 0 Å². The van der Waals surface area contributed by atoms with Gasteiger partial charge < -0.3 is 0 Å². The molecule has 0 bridgehead atoms. The molecule has 1 aliphatic rings. The minimum Gasteiger partial charge on any atom is -0.0622 e. The molecule has 14 heavy (non-hydrogen) atoms. The first-order chi connectivity index (χ1) is 6.66. The largest absolute Gasteiger partial charge is 0.0622 e. The van der Waals surface area contributed by atoms with E-state index < -0.39 is 0 Å². The van der Waals surface area contributed by atoms with Gasteiger partial charge in [-0.05, 0) is 47.8 Å². The molecule has 1 aliphatic carbocycles. The average molecular weight is 188 g/mol. The fourth-order valence-corrected chi connectivity index (χ4v) is 2.32. The van der Waals surface area contributed by atoms with Gasteiger partial charge in [0.2, 0.25) is 0 Å². The molecule has 0 spiro atoms. The van der Waals surface area contributed by atoms with Crippen LogP contribution in [0.15, 0.2) is 18.2 Å². The van der Waals surface area contributed by atoms with Crippen LogP contribution in [0.1, 0.15) is 49.8 Å². The number of fused-ring (bicyclic) bond motifs is 1. The van der Waals surface area contributed by atoms with E-state index in [0.717, 1.165) is 5.92 Å². The van der Waals surface area contributed by atoms with Crippen LogP contribution in [0.5, 0.6) is 0 Å². The molecule has 0 radical (unpaired) electrons. The Hall–Kier alpha value is -0.780. The Morgan fingerprint density at radius 1 is 1.21 bits per heavy atom. The summed E-state index contributed by atoms with van der Waals surface area (Å²) in [5.41, 5.74) is 4.69. The van der Waals surface area contributed by atoms with Crippen molar-refractivity contribution >= 4 is 0 Å². The molecule has 0 heterocycles. The number of hydrogen-bond donors (Lipinski definition) is 0. The zero-order valence-electron chi connectivity index (χ0n) is 9.51. The van der Waals surface area contributed by atoms with Gasteiger partial charge in [0.05, 0.1) is 0 Å². The molecule has 0 heteroatoms. The quantitative estimate of drug-likeness (QED) is 0.626. The Morgan fingerprint density at radius 2 is 2.00 bits per heavy atom. The minimum absolute atomic E-state index is 0.664. The highest BCUT2D eigenvalue weighted by Gasteiger charge is 2.15. The summed E-state index contributed by atoms with van der Waals surface area (Å²) in [5.74, 6) is 1.54. The summed E-state index contributed by atoms with van der Waals surface area (Å²) < 4.78 is 0. The van der Waals surface area contributed by atoms with E-state index in [1.807, 2.05) is 0 Å². The molecule has 2 rings (SSSR count). The second-order valence-electron chi connectivity index (χ2n) is 5.03. The molecule has 76 valence electrons. The van der Waals surface area contributed by atoms with Gasteiger partial charge in [0.25, 0.3) is 0 Å². The van der Waals surface area contributed by atoms with E-state index in [4.69, 9.17) is 0 Å². The van der Waals surface area contributed by atoms with Gasteiger partial charge in [-0.2, -0.15) is 0 Å². The molecule has 1 aromatic rings. The lowest BCUT2D eigenvalue weighted by Crippen LogP contribution is -2.11. The smallest absolute Gasteiger partial charge is 0.0219 e. The van der Waals surface area contributed by atoms with Crippen molar-refractivity contribution in [3.05, 3.63) is 34.9 Å². The number of aryl methyl sites for hydroxylation is 1. The first-order valence-corrected chi connectivity index (χ1v) is 5.78. The molecule has 1 aromatic carbocycles. The normalized spacial score (nSPS) is 21.0. The highest BCUT2D eigenvalue weighted by atomic mass is 14.2. The van der Waals surface area contributed by atoms with Crippen LogP contribution >= 0.6 is 0 Å². The maximum atomic E-state index is 2.43. The van der Waals surface area contributed by atoms with E-state index in [2.05, 4.69) is 39.0 Å². The van der Waals surface area contributed by atoms with Crippen LogP contribution in [-0.4, -0.2) is 0 Å². The maximum Gasteiger partial charge on any atom is -0.0219 e. The first kappa shape index (κ1) is 9.76. The zero-order valence-corrected chi connectivity index (χ0v) is 9.51. The lowest BCUT2D eigenvalue weighted by Gasteiger charge is -2.22. The summed E-state index contributed by atoms with van der Waals surface area (Å²) in [6, 6.07) is 7.08. The molecule has 0 nitrogen and oxygen atoms in total. The second kappa shape index (κ2) is 3.76. The van der Waals surface area contributed by atoms with E-state index in [1.165, 1.54) is 24.8 Å². The fourth-order valence-electron chi connectivity index (χ4n) is 2.32. The van der Waals surface area contributed by atoms with Gasteiger partial charge in [-0.3, -0.25) is 0 Å². The third-order valence-corrected chi connectivity index (χ3v) is 3.37. The molecule has 0 aromatic heterocycles. The molecular weight excluding hydrogens is 168 g/mol. The van der Waals surface area contributed by atoms with E-state index in [0.29, 0.717) is 5.92 Å². The standard InChI is InChI=1S/C14H20/c1-10(2)13-7-6-12-5-4-11(3)8-14(12)9-13/h6-7,9-11H,4-5,8H2,1-3H3. The van der Waals surface area contributed by atoms with Crippen molar-refractivity contribution in [3.63, 3.8) is 0 Å². The monoisotopic (exact) mass is 188 g/mol. The van der Waals surface area contributed by atoms with Gasteiger partial charge >= 0.3 is 0 Å². The van der Waals surface area contributed by atoms with Crippen LogP contribution in [0.25, 0.3) is 0 Å². The SMILES string of the molecule is CC1CCc2ccc(C(C)C)cc2C1. The molecule has 0 amide bonds. The van der Waals surface area contributed by atoms with Gasteiger partial charge in [0, 0.05) is 0 Å². The van der Waals surface area contributed by atoms with Gasteiger partial charge in [-0.1, -0.05) is 39.0 Å². The molecule has 0 saturated heterocycles. The molecule has 0 fully saturated rings. The zero-order chi connectivity index (χ0) is 10.1. The summed E-state index contributed by atoms with van der Waals surface area (Å²) in [4.78, 5) is 0. The summed E-state index contributed by atoms with van der Waals surface area (Å²) >= 11 is 0. The van der Waals surface area contributed by atoms with Crippen LogP contribution in [-0.2, 0) is 12.8 Å². The Kier molecular flexibility index (Phi) is 2.62. The van der Waals surface area contributed by atoms with Crippen LogP contribution < -0.4 is 0 Å². The highest BCUT2D eigenvalue weighted by Crippen LogP contribution is 2.27. The van der Waals surface area contributed by atoms with Crippen LogP contribution in [0, 0.1) is 5.92 Å². The van der Waals surface area contributed by atoms with Gasteiger partial charge in [0.15, 0.2) is 0 Å². The Labute approximate surface area is 87.3 Å². The number of rotatable bonds is 1. The Bertz CT molecular complexity index is 323. The third-order valence-electron chi connectivity index (χ3n) is 3.37. The molecule has 1 atom stereocenters. The molecular formula is C14H20. The predicted molar refractivity (Wildman–Crippen MR) is 61.7 cm³/mol. The topological polar surface area (TPSA) is 0 Å². The summed E-state index contributed by atoms with van der Waals surface area (Å²) in [6.45, 7) is 6.91. The van der Waals surface area contributed by atoms with Gasteiger partial charge in [-0.15, -0.1) is 0 Å². The fraction of sp³-hybridized carbons (Fsp3) is 0.571.